The van der Waals surface area contributed by atoms with Crippen molar-refractivity contribution < 1.29 is 17.6 Å². The number of halogens is 4. The lowest BCUT2D eigenvalue weighted by molar-refractivity contribution is -0.181. The topological polar surface area (TPSA) is 47.2 Å². The van der Waals surface area contributed by atoms with Crippen molar-refractivity contribution in [2.75, 3.05) is 52.9 Å². The van der Waals surface area contributed by atoms with E-state index in [9.17, 15) is 13.2 Å². The summed E-state index contributed by atoms with van der Waals surface area (Å²) in [6.45, 7) is 9.56. The van der Waals surface area contributed by atoms with Crippen LogP contribution in [-0.2, 0) is 0 Å². The molecule has 2 rings (SSSR count). The first kappa shape index (κ1) is 26.0. The van der Waals surface area contributed by atoms with Crippen molar-refractivity contribution in [3.63, 3.8) is 0 Å². The quantitative estimate of drug-likeness (QED) is 0.332. The predicted molar refractivity (Wildman–Crippen MR) is 120 cm³/mol. The van der Waals surface area contributed by atoms with Crippen molar-refractivity contribution in [3.8, 4) is 0 Å². The van der Waals surface area contributed by atoms with E-state index in [2.05, 4.69) is 29.1 Å². The van der Waals surface area contributed by atoms with Crippen LogP contribution in [-0.4, -0.2) is 85.7 Å². The highest BCUT2D eigenvalue weighted by Crippen LogP contribution is 2.25. The molecule has 0 radical (unpaired) electrons. The van der Waals surface area contributed by atoms with Gasteiger partial charge in [0.1, 0.15) is 11.8 Å². The van der Waals surface area contributed by atoms with E-state index in [-0.39, 0.29) is 30.0 Å². The summed E-state index contributed by atoms with van der Waals surface area (Å²) in [4.78, 5) is 10.1. The maximum absolute atomic E-state index is 12.9. The first-order valence-electron chi connectivity index (χ1n) is 9.85. The van der Waals surface area contributed by atoms with Crippen molar-refractivity contribution in [1.82, 2.24) is 20.0 Å². The molecule has 1 saturated heterocycles. The molecule has 1 aliphatic rings. The molecule has 168 valence electrons. The van der Waals surface area contributed by atoms with Crippen molar-refractivity contribution in [3.05, 3.63) is 24.2 Å². The van der Waals surface area contributed by atoms with Crippen molar-refractivity contribution in [2.45, 2.75) is 39.0 Å². The fraction of sp³-hybridized carbons (Fsp3) is 0.737. The molecule has 0 amide bonds. The third kappa shape index (κ3) is 7.02. The molecule has 1 aromatic rings. The van der Waals surface area contributed by atoms with E-state index in [1.807, 2.05) is 17.0 Å². The number of aliphatic imine (C=N–C) groups is 1. The van der Waals surface area contributed by atoms with Gasteiger partial charge < -0.3 is 14.6 Å². The average molecular weight is 531 g/mol. The molecular formula is C19H33F3IN5O. The summed E-state index contributed by atoms with van der Waals surface area (Å²) in [5.74, 6) is 1.60. The Morgan fingerprint density at radius 3 is 2.31 bits per heavy atom. The minimum Gasteiger partial charge on any atom is -0.468 e. The van der Waals surface area contributed by atoms with E-state index >= 15 is 0 Å². The SMILES string of the molecule is CCN(CC)C(CNC(=NC)N1CCN(C(C)C(F)(F)F)CC1)c1ccco1.I. The summed E-state index contributed by atoms with van der Waals surface area (Å²) in [6, 6.07) is 2.48. The van der Waals surface area contributed by atoms with Crippen molar-refractivity contribution >= 4 is 29.9 Å². The second-order valence-corrected chi connectivity index (χ2v) is 6.92. The highest BCUT2D eigenvalue weighted by molar-refractivity contribution is 14.0. The molecule has 10 heteroatoms. The second-order valence-electron chi connectivity index (χ2n) is 6.92. The smallest absolute Gasteiger partial charge is 0.403 e. The predicted octanol–water partition coefficient (Wildman–Crippen LogP) is 3.42. The van der Waals surface area contributed by atoms with Gasteiger partial charge in [-0.3, -0.25) is 14.8 Å². The van der Waals surface area contributed by atoms with Crippen LogP contribution >= 0.6 is 24.0 Å². The van der Waals surface area contributed by atoms with E-state index < -0.39 is 12.2 Å². The van der Waals surface area contributed by atoms with Crippen LogP contribution in [0.2, 0.25) is 0 Å². The summed E-state index contributed by atoms with van der Waals surface area (Å²) in [5, 5.41) is 3.38. The van der Waals surface area contributed by atoms with E-state index in [0.29, 0.717) is 38.7 Å². The number of likely N-dealkylation sites (N-methyl/N-ethyl adjacent to an activating group) is 1. The number of alkyl halides is 3. The average Bonchev–Trinajstić information content (AvgIpc) is 3.21. The number of nitrogens with zero attached hydrogens (tertiary/aromatic N) is 4. The van der Waals surface area contributed by atoms with Crippen molar-refractivity contribution in [2.24, 2.45) is 4.99 Å². The lowest BCUT2D eigenvalue weighted by Crippen LogP contribution is -2.57. The molecule has 2 heterocycles. The second kappa shape index (κ2) is 12.0. The van der Waals surface area contributed by atoms with Crippen molar-refractivity contribution in [1.29, 1.82) is 0 Å². The van der Waals surface area contributed by atoms with Gasteiger partial charge in [-0.15, -0.1) is 24.0 Å². The maximum Gasteiger partial charge on any atom is 0.403 e. The zero-order chi connectivity index (χ0) is 20.7. The van der Waals surface area contributed by atoms with Crippen LogP contribution in [0.4, 0.5) is 13.2 Å². The first-order chi connectivity index (χ1) is 13.3. The molecule has 1 N–H and O–H groups in total. The fourth-order valence-corrected chi connectivity index (χ4v) is 3.60. The van der Waals surface area contributed by atoms with Gasteiger partial charge in [0.05, 0.1) is 12.3 Å². The molecule has 29 heavy (non-hydrogen) atoms. The lowest BCUT2D eigenvalue weighted by atomic mass is 10.2. The molecule has 0 aromatic carbocycles. The Balaban J connectivity index is 0.00000420. The summed E-state index contributed by atoms with van der Waals surface area (Å²) in [7, 11) is 1.70. The Labute approximate surface area is 188 Å². The molecule has 2 atom stereocenters. The molecular weight excluding hydrogens is 498 g/mol. The first-order valence-corrected chi connectivity index (χ1v) is 9.85. The van der Waals surface area contributed by atoms with Gasteiger partial charge in [-0.25, -0.2) is 0 Å². The Kier molecular flexibility index (Phi) is 10.8. The Morgan fingerprint density at radius 2 is 1.86 bits per heavy atom. The molecule has 1 fully saturated rings. The highest BCUT2D eigenvalue weighted by atomic mass is 127. The number of hydrogen-bond donors (Lipinski definition) is 1. The van der Waals surface area contributed by atoms with Crippen LogP contribution in [0.3, 0.4) is 0 Å². The number of furan rings is 1. The minimum absolute atomic E-state index is 0. The van der Waals surface area contributed by atoms with E-state index in [1.165, 1.54) is 11.8 Å². The molecule has 0 spiro atoms. The lowest BCUT2D eigenvalue weighted by Gasteiger charge is -2.40. The zero-order valence-electron chi connectivity index (χ0n) is 17.6. The molecule has 1 aromatic heterocycles. The van der Waals surface area contributed by atoms with Gasteiger partial charge in [-0.1, -0.05) is 13.8 Å². The number of guanidine groups is 1. The monoisotopic (exact) mass is 531 g/mol. The molecule has 1 aliphatic heterocycles. The number of rotatable bonds is 7. The van der Waals surface area contributed by atoms with Gasteiger partial charge in [0.25, 0.3) is 0 Å². The van der Waals surface area contributed by atoms with E-state index in [1.54, 1.807) is 13.3 Å². The third-order valence-electron chi connectivity index (χ3n) is 5.43. The summed E-state index contributed by atoms with van der Waals surface area (Å²) >= 11 is 0. The Bertz CT molecular complexity index is 599. The molecule has 6 nitrogen and oxygen atoms in total. The van der Waals surface area contributed by atoms with Gasteiger partial charge in [0.2, 0.25) is 0 Å². The number of nitrogens with one attached hydrogen (secondary N) is 1. The molecule has 2 unspecified atom stereocenters. The van der Waals surface area contributed by atoms with Gasteiger partial charge in [-0.05, 0) is 32.1 Å². The van der Waals surface area contributed by atoms with Crippen LogP contribution in [0.15, 0.2) is 27.8 Å². The molecule has 0 saturated carbocycles. The summed E-state index contributed by atoms with van der Waals surface area (Å²) in [5.41, 5.74) is 0. The van der Waals surface area contributed by atoms with Gasteiger partial charge in [0.15, 0.2) is 5.96 Å². The van der Waals surface area contributed by atoms with Crippen LogP contribution in [0, 0.1) is 0 Å². The largest absolute Gasteiger partial charge is 0.468 e. The van der Waals surface area contributed by atoms with Crippen LogP contribution in [0.1, 0.15) is 32.6 Å². The van der Waals surface area contributed by atoms with Gasteiger partial charge >= 0.3 is 6.18 Å². The number of piperazine rings is 1. The summed E-state index contributed by atoms with van der Waals surface area (Å²) in [6.07, 6.45) is -2.52. The summed E-state index contributed by atoms with van der Waals surface area (Å²) < 4.78 is 44.4. The molecule has 0 bridgehead atoms. The highest BCUT2D eigenvalue weighted by Gasteiger charge is 2.41. The van der Waals surface area contributed by atoms with Gasteiger partial charge in [0, 0.05) is 39.8 Å². The van der Waals surface area contributed by atoms with Crippen LogP contribution in [0.25, 0.3) is 0 Å². The van der Waals surface area contributed by atoms with E-state index in [0.717, 1.165) is 18.8 Å². The zero-order valence-corrected chi connectivity index (χ0v) is 19.9. The Morgan fingerprint density at radius 1 is 1.24 bits per heavy atom. The minimum atomic E-state index is -4.19. The van der Waals surface area contributed by atoms with Gasteiger partial charge in [-0.2, -0.15) is 13.2 Å². The fourth-order valence-electron chi connectivity index (χ4n) is 3.60. The Hall–Kier alpha value is -1.01. The third-order valence-corrected chi connectivity index (χ3v) is 5.43. The standard InChI is InChI=1S/C19H32F3N5O.HI/c1-5-25(6-2)16(17-8-7-13-28-17)14-24-18(23-4)27-11-9-26(10-12-27)15(3)19(20,21)22;/h7-8,13,15-16H,5-6,9-12,14H2,1-4H3,(H,23,24);1H. The maximum atomic E-state index is 12.9. The van der Waals surface area contributed by atoms with Crippen LogP contribution in [0.5, 0.6) is 0 Å². The van der Waals surface area contributed by atoms with E-state index in [4.69, 9.17) is 4.42 Å². The number of hydrogen-bond acceptors (Lipinski definition) is 4. The normalized spacial score (nSPS) is 18.5. The molecule has 0 aliphatic carbocycles. The van der Waals surface area contributed by atoms with Crippen LogP contribution < -0.4 is 5.32 Å².